The largest absolute Gasteiger partial charge is 0.494 e. The van der Waals surface area contributed by atoms with Crippen LogP contribution in [0.1, 0.15) is 29.7 Å². The first kappa shape index (κ1) is 15.0. The molecule has 0 amide bonds. The van der Waals surface area contributed by atoms with Crippen LogP contribution in [0.4, 0.5) is 4.39 Å². The molecule has 0 aliphatic rings. The molecule has 0 saturated heterocycles. The Morgan fingerprint density at radius 2 is 2.00 bits per heavy atom. The molecule has 0 aliphatic carbocycles. The number of halogens is 2. The first-order chi connectivity index (χ1) is 9.54. The Morgan fingerprint density at radius 3 is 2.70 bits per heavy atom. The second-order valence-corrected chi connectivity index (χ2v) is 5.39. The summed E-state index contributed by atoms with van der Waals surface area (Å²) in [5.74, 6) is 0.422. The average Bonchev–Trinajstić information content (AvgIpc) is 2.43. The lowest BCUT2D eigenvalue weighted by Gasteiger charge is -2.19. The van der Waals surface area contributed by atoms with Crippen molar-refractivity contribution in [2.75, 3.05) is 6.61 Å². The van der Waals surface area contributed by atoms with Gasteiger partial charge in [0.1, 0.15) is 11.6 Å². The standard InChI is InChI=1S/C16H17BrFNO/c1-3-20-14-8-7-10(2)9-12(14)16(19)11-5-4-6-13(18)15(11)17/h4-9,16H,3,19H2,1-2H3. The monoisotopic (exact) mass is 337 g/mol. The second kappa shape index (κ2) is 6.37. The Bertz CT molecular complexity index is 615. The summed E-state index contributed by atoms with van der Waals surface area (Å²) in [6.45, 7) is 4.48. The van der Waals surface area contributed by atoms with Gasteiger partial charge in [-0.15, -0.1) is 0 Å². The van der Waals surface area contributed by atoms with Gasteiger partial charge in [0.05, 0.1) is 17.1 Å². The van der Waals surface area contributed by atoms with E-state index in [1.807, 2.05) is 38.1 Å². The predicted octanol–water partition coefficient (Wildman–Crippen LogP) is 4.34. The first-order valence-electron chi connectivity index (χ1n) is 6.47. The van der Waals surface area contributed by atoms with Gasteiger partial charge in [0.15, 0.2) is 0 Å². The molecule has 2 nitrogen and oxygen atoms in total. The number of hydrogen-bond acceptors (Lipinski definition) is 2. The SMILES string of the molecule is CCOc1ccc(C)cc1C(N)c1cccc(F)c1Br. The summed E-state index contributed by atoms with van der Waals surface area (Å²) in [6.07, 6.45) is 0. The molecule has 0 radical (unpaired) electrons. The molecule has 0 aliphatic heterocycles. The maximum atomic E-state index is 13.6. The van der Waals surface area contributed by atoms with E-state index in [1.165, 1.54) is 6.07 Å². The van der Waals surface area contributed by atoms with Crippen molar-refractivity contribution in [2.24, 2.45) is 5.73 Å². The lowest BCUT2D eigenvalue weighted by Crippen LogP contribution is -2.15. The third-order valence-electron chi connectivity index (χ3n) is 3.12. The highest BCUT2D eigenvalue weighted by molar-refractivity contribution is 9.10. The van der Waals surface area contributed by atoms with Gasteiger partial charge in [0, 0.05) is 5.56 Å². The van der Waals surface area contributed by atoms with Crippen LogP contribution in [0.2, 0.25) is 0 Å². The van der Waals surface area contributed by atoms with Crippen LogP contribution in [0.3, 0.4) is 0 Å². The Hall–Kier alpha value is -1.39. The van der Waals surface area contributed by atoms with Gasteiger partial charge in [-0.2, -0.15) is 0 Å². The molecule has 0 heterocycles. The van der Waals surface area contributed by atoms with Gasteiger partial charge in [-0.3, -0.25) is 0 Å². The smallest absolute Gasteiger partial charge is 0.137 e. The van der Waals surface area contributed by atoms with Crippen molar-refractivity contribution >= 4 is 15.9 Å². The highest BCUT2D eigenvalue weighted by atomic mass is 79.9. The van der Waals surface area contributed by atoms with Crippen LogP contribution in [0.25, 0.3) is 0 Å². The summed E-state index contributed by atoms with van der Waals surface area (Å²) in [7, 11) is 0. The number of benzene rings is 2. The van der Waals surface area contributed by atoms with E-state index in [-0.39, 0.29) is 5.82 Å². The first-order valence-corrected chi connectivity index (χ1v) is 7.26. The lowest BCUT2D eigenvalue weighted by molar-refractivity contribution is 0.335. The minimum Gasteiger partial charge on any atom is -0.494 e. The van der Waals surface area contributed by atoms with Gasteiger partial charge >= 0.3 is 0 Å². The third-order valence-corrected chi connectivity index (χ3v) is 3.95. The Labute approximate surface area is 126 Å². The molecule has 0 spiro atoms. The molecule has 2 N–H and O–H groups in total. The van der Waals surface area contributed by atoms with E-state index < -0.39 is 6.04 Å². The minimum absolute atomic E-state index is 0.316. The number of aryl methyl sites for hydroxylation is 1. The number of rotatable bonds is 4. The maximum absolute atomic E-state index is 13.6. The Balaban J connectivity index is 2.49. The van der Waals surface area contributed by atoms with Gasteiger partial charge in [-0.05, 0) is 47.5 Å². The van der Waals surface area contributed by atoms with Gasteiger partial charge in [-0.25, -0.2) is 4.39 Å². The van der Waals surface area contributed by atoms with Gasteiger partial charge in [-0.1, -0.05) is 29.8 Å². The zero-order valence-electron chi connectivity index (χ0n) is 11.5. The van der Waals surface area contributed by atoms with Crippen LogP contribution in [0.5, 0.6) is 5.75 Å². The van der Waals surface area contributed by atoms with E-state index in [0.717, 1.165) is 16.9 Å². The molecule has 2 aromatic rings. The van der Waals surface area contributed by atoms with E-state index in [4.69, 9.17) is 10.5 Å². The molecule has 20 heavy (non-hydrogen) atoms. The molecular weight excluding hydrogens is 321 g/mol. The number of hydrogen-bond donors (Lipinski definition) is 1. The molecular formula is C16H17BrFNO. The molecule has 4 heteroatoms. The summed E-state index contributed by atoms with van der Waals surface area (Å²) in [5, 5.41) is 0. The predicted molar refractivity (Wildman–Crippen MR) is 82.5 cm³/mol. The number of ether oxygens (including phenoxy) is 1. The highest BCUT2D eigenvalue weighted by Gasteiger charge is 2.18. The highest BCUT2D eigenvalue weighted by Crippen LogP contribution is 2.33. The van der Waals surface area contributed by atoms with E-state index in [2.05, 4.69) is 15.9 Å². The van der Waals surface area contributed by atoms with E-state index in [0.29, 0.717) is 16.6 Å². The summed E-state index contributed by atoms with van der Waals surface area (Å²) in [5.41, 5.74) is 8.96. The molecule has 2 aromatic carbocycles. The van der Waals surface area contributed by atoms with Crippen molar-refractivity contribution in [3.63, 3.8) is 0 Å². The maximum Gasteiger partial charge on any atom is 0.137 e. The fraction of sp³-hybridized carbons (Fsp3) is 0.250. The summed E-state index contributed by atoms with van der Waals surface area (Å²) < 4.78 is 19.7. The molecule has 106 valence electrons. The molecule has 1 atom stereocenters. The van der Waals surface area contributed by atoms with Crippen molar-refractivity contribution in [1.29, 1.82) is 0 Å². The molecule has 2 rings (SSSR count). The summed E-state index contributed by atoms with van der Waals surface area (Å²) in [6, 6.07) is 10.3. The minimum atomic E-state index is -0.443. The zero-order valence-corrected chi connectivity index (χ0v) is 13.1. The number of nitrogens with two attached hydrogens (primary N) is 1. The van der Waals surface area contributed by atoms with Crippen molar-refractivity contribution < 1.29 is 9.13 Å². The van der Waals surface area contributed by atoms with Crippen molar-refractivity contribution in [3.05, 3.63) is 63.4 Å². The zero-order chi connectivity index (χ0) is 14.7. The van der Waals surface area contributed by atoms with Crippen molar-refractivity contribution in [3.8, 4) is 5.75 Å². The molecule has 0 fully saturated rings. The van der Waals surface area contributed by atoms with Crippen LogP contribution in [0, 0.1) is 12.7 Å². The summed E-state index contributed by atoms with van der Waals surface area (Å²) >= 11 is 3.26. The Kier molecular flexibility index (Phi) is 4.78. The fourth-order valence-corrected chi connectivity index (χ4v) is 2.64. The molecule has 0 saturated carbocycles. The lowest BCUT2D eigenvalue weighted by atomic mass is 9.97. The third kappa shape index (κ3) is 3.02. The van der Waals surface area contributed by atoms with E-state index in [1.54, 1.807) is 6.07 Å². The molecule has 0 aromatic heterocycles. The summed E-state index contributed by atoms with van der Waals surface area (Å²) in [4.78, 5) is 0. The van der Waals surface area contributed by atoms with Crippen molar-refractivity contribution in [1.82, 2.24) is 0 Å². The van der Waals surface area contributed by atoms with Gasteiger partial charge in [0.2, 0.25) is 0 Å². The van der Waals surface area contributed by atoms with Crippen LogP contribution < -0.4 is 10.5 Å². The fourth-order valence-electron chi connectivity index (χ4n) is 2.13. The topological polar surface area (TPSA) is 35.2 Å². The second-order valence-electron chi connectivity index (χ2n) is 4.60. The van der Waals surface area contributed by atoms with Crippen LogP contribution in [0.15, 0.2) is 40.9 Å². The molecule has 0 bridgehead atoms. The quantitative estimate of drug-likeness (QED) is 0.900. The van der Waals surface area contributed by atoms with E-state index >= 15 is 0 Å². The van der Waals surface area contributed by atoms with Crippen LogP contribution >= 0.6 is 15.9 Å². The average molecular weight is 338 g/mol. The van der Waals surface area contributed by atoms with Crippen LogP contribution in [-0.4, -0.2) is 6.61 Å². The normalized spacial score (nSPS) is 12.2. The van der Waals surface area contributed by atoms with Crippen LogP contribution in [-0.2, 0) is 0 Å². The van der Waals surface area contributed by atoms with E-state index in [9.17, 15) is 4.39 Å². The van der Waals surface area contributed by atoms with Gasteiger partial charge in [0.25, 0.3) is 0 Å². The molecule has 1 unspecified atom stereocenters. The Morgan fingerprint density at radius 1 is 1.25 bits per heavy atom. The van der Waals surface area contributed by atoms with Gasteiger partial charge < -0.3 is 10.5 Å². The van der Waals surface area contributed by atoms with Crippen molar-refractivity contribution in [2.45, 2.75) is 19.9 Å².